The van der Waals surface area contributed by atoms with Crippen molar-refractivity contribution >= 4 is 25.1 Å². The molecule has 1 fully saturated rings. The van der Waals surface area contributed by atoms with Gasteiger partial charge in [-0.05, 0) is 49.8 Å². The Morgan fingerprint density at radius 3 is 2.52 bits per heavy atom. The number of carbonyl (C=O) groups is 1. The molecular formula is C21H35N2O5P. The maximum Gasteiger partial charge on any atom is 0.469 e. The second-order valence-corrected chi connectivity index (χ2v) is 9.26. The van der Waals surface area contributed by atoms with E-state index in [0.717, 1.165) is 40.9 Å². The molecule has 1 saturated heterocycles. The molecule has 0 spiro atoms. The van der Waals surface area contributed by atoms with E-state index in [1.54, 1.807) is 4.90 Å². The first-order valence-electron chi connectivity index (χ1n) is 10.6. The van der Waals surface area contributed by atoms with Crippen LogP contribution in [0.2, 0.25) is 0 Å². The van der Waals surface area contributed by atoms with Gasteiger partial charge in [0, 0.05) is 12.2 Å². The topological polar surface area (TPSA) is 113 Å². The van der Waals surface area contributed by atoms with Crippen LogP contribution in [0.4, 0.5) is 11.4 Å². The highest BCUT2D eigenvalue weighted by molar-refractivity contribution is 7.46. The Bertz CT molecular complexity index is 762. The van der Waals surface area contributed by atoms with Crippen molar-refractivity contribution in [1.82, 2.24) is 0 Å². The van der Waals surface area contributed by atoms with Crippen molar-refractivity contribution in [2.24, 2.45) is 5.92 Å². The normalized spacial score (nSPS) is 17.3. The monoisotopic (exact) mass is 426 g/mol. The average Bonchev–Trinajstić information content (AvgIpc) is 3.00. The van der Waals surface area contributed by atoms with E-state index < -0.39 is 13.7 Å². The van der Waals surface area contributed by atoms with Crippen LogP contribution in [0.1, 0.15) is 68.6 Å². The molecule has 0 bridgehead atoms. The van der Waals surface area contributed by atoms with Crippen molar-refractivity contribution in [3.63, 3.8) is 0 Å². The quantitative estimate of drug-likeness (QED) is 0.277. The van der Waals surface area contributed by atoms with Gasteiger partial charge in [-0.25, -0.2) is 4.57 Å². The minimum atomic E-state index is -4.58. The lowest BCUT2D eigenvalue weighted by atomic mass is 9.96. The molecule has 1 aromatic carbocycles. The molecule has 1 aliphatic heterocycles. The molecule has 1 aromatic rings. The Labute approximate surface area is 173 Å². The molecule has 1 amide bonds. The summed E-state index contributed by atoms with van der Waals surface area (Å²) in [5.41, 5.74) is 11.0. The number of hydrogen-bond donors (Lipinski definition) is 3. The fraction of sp³-hybridized carbons (Fsp3) is 0.667. The highest BCUT2D eigenvalue weighted by atomic mass is 31.2. The van der Waals surface area contributed by atoms with Crippen molar-refractivity contribution in [3.05, 3.63) is 22.8 Å². The van der Waals surface area contributed by atoms with Crippen LogP contribution >= 0.6 is 7.82 Å². The third-order valence-electron chi connectivity index (χ3n) is 5.70. The SMILES string of the molecule is CCCCCCCCc1cc(C)c(N2CCC(COP(=O)(O)O)C2=O)c(C)c1N. The molecule has 0 saturated carbocycles. The van der Waals surface area contributed by atoms with E-state index in [0.29, 0.717) is 13.0 Å². The van der Waals surface area contributed by atoms with E-state index in [9.17, 15) is 9.36 Å². The van der Waals surface area contributed by atoms with E-state index >= 15 is 0 Å². The maximum absolute atomic E-state index is 12.8. The number of phosphoric ester groups is 1. The van der Waals surface area contributed by atoms with Crippen LogP contribution in [0.15, 0.2) is 6.07 Å². The molecular weight excluding hydrogens is 391 g/mol. The second kappa shape index (κ2) is 10.6. The van der Waals surface area contributed by atoms with Gasteiger partial charge in [-0.1, -0.05) is 45.1 Å². The third kappa shape index (κ3) is 6.54. The van der Waals surface area contributed by atoms with Gasteiger partial charge in [-0.15, -0.1) is 0 Å². The van der Waals surface area contributed by atoms with Crippen LogP contribution in [0.3, 0.4) is 0 Å². The lowest BCUT2D eigenvalue weighted by Gasteiger charge is -2.24. The summed E-state index contributed by atoms with van der Waals surface area (Å²) >= 11 is 0. The molecule has 2 rings (SSSR count). The molecule has 0 aliphatic carbocycles. The van der Waals surface area contributed by atoms with Crippen LogP contribution in [0, 0.1) is 19.8 Å². The minimum absolute atomic E-state index is 0.173. The van der Waals surface area contributed by atoms with Crippen LogP contribution in [0.25, 0.3) is 0 Å². The third-order valence-corrected chi connectivity index (χ3v) is 6.18. The summed E-state index contributed by atoms with van der Waals surface area (Å²) in [6.07, 6.45) is 8.82. The standard InChI is InChI=1S/C21H35N2O5P/c1-4-5-6-7-8-9-10-17-13-15(2)20(16(3)19(17)22)23-12-11-18(21(23)24)14-28-29(25,26)27/h13,18H,4-12,14,22H2,1-3H3,(H2,25,26,27). The van der Waals surface area contributed by atoms with Gasteiger partial charge in [-0.2, -0.15) is 0 Å². The molecule has 7 nitrogen and oxygen atoms in total. The summed E-state index contributed by atoms with van der Waals surface area (Å²) < 4.78 is 15.5. The minimum Gasteiger partial charge on any atom is -0.398 e. The summed E-state index contributed by atoms with van der Waals surface area (Å²) in [6, 6.07) is 2.08. The maximum atomic E-state index is 12.8. The summed E-state index contributed by atoms with van der Waals surface area (Å²) in [6.45, 7) is 6.36. The number of nitrogens with two attached hydrogens (primary N) is 1. The van der Waals surface area contributed by atoms with Crippen molar-refractivity contribution in [2.45, 2.75) is 72.1 Å². The number of phosphoric acid groups is 1. The first kappa shape index (κ1) is 23.9. The number of carbonyl (C=O) groups excluding carboxylic acids is 1. The molecule has 1 aliphatic rings. The Balaban J connectivity index is 2.05. The number of amides is 1. The second-order valence-electron chi connectivity index (χ2n) is 8.02. The van der Waals surface area contributed by atoms with Crippen LogP contribution < -0.4 is 10.6 Å². The molecule has 164 valence electrons. The van der Waals surface area contributed by atoms with E-state index in [1.165, 1.54) is 32.1 Å². The van der Waals surface area contributed by atoms with Crippen molar-refractivity contribution < 1.29 is 23.7 Å². The first-order valence-corrected chi connectivity index (χ1v) is 12.1. The Morgan fingerprint density at radius 2 is 1.86 bits per heavy atom. The first-order chi connectivity index (χ1) is 13.7. The van der Waals surface area contributed by atoms with Crippen LogP contribution in [-0.4, -0.2) is 28.8 Å². The van der Waals surface area contributed by atoms with Crippen molar-refractivity contribution in [1.29, 1.82) is 0 Å². The Kier molecular flexibility index (Phi) is 8.71. The molecule has 1 atom stereocenters. The molecule has 8 heteroatoms. The number of benzene rings is 1. The van der Waals surface area contributed by atoms with Crippen LogP contribution in [0.5, 0.6) is 0 Å². The number of aryl methyl sites for hydroxylation is 2. The van der Waals surface area contributed by atoms with Crippen LogP contribution in [-0.2, 0) is 20.3 Å². The van der Waals surface area contributed by atoms with E-state index in [-0.39, 0.29) is 12.5 Å². The predicted molar refractivity (Wildman–Crippen MR) is 116 cm³/mol. The molecule has 1 unspecified atom stereocenters. The Morgan fingerprint density at radius 1 is 1.21 bits per heavy atom. The fourth-order valence-corrected chi connectivity index (χ4v) is 4.47. The highest BCUT2D eigenvalue weighted by Crippen LogP contribution is 2.39. The van der Waals surface area contributed by atoms with Gasteiger partial charge in [0.1, 0.15) is 0 Å². The average molecular weight is 426 g/mol. The van der Waals surface area contributed by atoms with E-state index in [2.05, 4.69) is 17.5 Å². The largest absolute Gasteiger partial charge is 0.469 e. The number of nitrogen functional groups attached to an aromatic ring is 1. The molecule has 1 heterocycles. The van der Waals surface area contributed by atoms with Gasteiger partial charge in [-0.3, -0.25) is 9.32 Å². The lowest BCUT2D eigenvalue weighted by Crippen LogP contribution is -2.30. The van der Waals surface area contributed by atoms with E-state index in [4.69, 9.17) is 15.5 Å². The summed E-state index contributed by atoms with van der Waals surface area (Å²) in [5.74, 6) is -0.724. The fourth-order valence-electron chi connectivity index (χ4n) is 4.09. The smallest absolute Gasteiger partial charge is 0.398 e. The van der Waals surface area contributed by atoms with Gasteiger partial charge >= 0.3 is 7.82 Å². The summed E-state index contributed by atoms with van der Waals surface area (Å²) in [7, 11) is -4.58. The lowest BCUT2D eigenvalue weighted by molar-refractivity contribution is -0.121. The Hall–Kier alpha value is -1.40. The number of rotatable bonds is 11. The summed E-state index contributed by atoms with van der Waals surface area (Å²) in [5, 5.41) is 0. The number of hydrogen-bond acceptors (Lipinski definition) is 4. The van der Waals surface area contributed by atoms with Gasteiger partial charge in [0.2, 0.25) is 5.91 Å². The molecule has 29 heavy (non-hydrogen) atoms. The summed E-state index contributed by atoms with van der Waals surface area (Å²) in [4.78, 5) is 32.2. The zero-order valence-corrected chi connectivity index (χ0v) is 18.7. The highest BCUT2D eigenvalue weighted by Gasteiger charge is 2.36. The van der Waals surface area contributed by atoms with Gasteiger partial charge < -0.3 is 20.4 Å². The zero-order valence-electron chi connectivity index (χ0n) is 17.8. The molecule has 0 aromatic heterocycles. The van der Waals surface area contributed by atoms with E-state index in [1.807, 2.05) is 13.8 Å². The van der Waals surface area contributed by atoms with Gasteiger partial charge in [0.25, 0.3) is 0 Å². The molecule has 0 radical (unpaired) electrons. The van der Waals surface area contributed by atoms with Crippen molar-refractivity contribution in [2.75, 3.05) is 23.8 Å². The van der Waals surface area contributed by atoms with Gasteiger partial charge in [0.15, 0.2) is 0 Å². The van der Waals surface area contributed by atoms with Crippen molar-refractivity contribution in [3.8, 4) is 0 Å². The number of anilines is 2. The zero-order chi connectivity index (χ0) is 21.6. The number of nitrogens with zero attached hydrogens (tertiary/aromatic N) is 1. The number of unbranched alkanes of at least 4 members (excludes halogenated alkanes) is 5. The molecule has 4 N–H and O–H groups in total. The van der Waals surface area contributed by atoms with Gasteiger partial charge in [0.05, 0.1) is 18.2 Å². The predicted octanol–water partition coefficient (Wildman–Crippen LogP) is 4.25.